The summed E-state index contributed by atoms with van der Waals surface area (Å²) in [4.78, 5) is 31.5. The second-order valence-corrected chi connectivity index (χ2v) is 13.9. The number of nitrogens with zero attached hydrogens (tertiary/aromatic N) is 2. The quantitative estimate of drug-likeness (QED) is 0.0573. The smallest absolute Gasteiger partial charge is 0.493 e. The van der Waals surface area contributed by atoms with Gasteiger partial charge in [0.25, 0.3) is 0 Å². The predicted molar refractivity (Wildman–Crippen MR) is 215 cm³/mol. The van der Waals surface area contributed by atoms with E-state index in [1.165, 1.54) is 71.2 Å². The van der Waals surface area contributed by atoms with E-state index in [9.17, 15) is 35.9 Å². The summed E-state index contributed by atoms with van der Waals surface area (Å²) in [6.45, 7) is 15.3. The number of rotatable bonds is 12. The van der Waals surface area contributed by atoms with Crippen LogP contribution < -0.4 is 28.4 Å². The van der Waals surface area contributed by atoms with Gasteiger partial charge >= 0.3 is 31.8 Å². The Labute approximate surface area is 360 Å². The molecule has 14 nitrogen and oxygen atoms in total. The van der Waals surface area contributed by atoms with Crippen LogP contribution in [-0.2, 0) is 18.8 Å². The van der Waals surface area contributed by atoms with Gasteiger partial charge in [0.1, 0.15) is 38.7 Å². The molecule has 0 amide bonds. The van der Waals surface area contributed by atoms with Crippen LogP contribution in [0.2, 0.25) is 0 Å². The molecule has 22 heteroatoms. The van der Waals surface area contributed by atoms with E-state index in [4.69, 9.17) is 28.3 Å². The van der Waals surface area contributed by atoms with Crippen LogP contribution in [0.1, 0.15) is 54.1 Å². The summed E-state index contributed by atoms with van der Waals surface area (Å²) >= 11 is 3.14. The minimum absolute atomic E-state index is 0.0227. The van der Waals surface area contributed by atoms with Crippen LogP contribution >= 0.6 is 15.9 Å². The number of methoxy groups -OCH3 is 4. The van der Waals surface area contributed by atoms with Crippen LogP contribution in [0.3, 0.4) is 0 Å². The van der Waals surface area contributed by atoms with Crippen molar-refractivity contribution in [2.24, 2.45) is 0 Å². The molecule has 0 radical (unpaired) electrons. The van der Waals surface area contributed by atoms with Crippen LogP contribution in [-0.4, -0.2) is 81.4 Å². The number of hydrogen-bond donors (Lipinski definition) is 0. The highest BCUT2D eigenvalue weighted by molar-refractivity contribution is 9.10. The number of carbonyl (C=O) groups is 2. The molecule has 1 fully saturated rings. The Morgan fingerprint density at radius 3 is 1.44 bits per heavy atom. The minimum atomic E-state index is -4.84. The predicted octanol–water partition coefficient (Wildman–Crippen LogP) is 10.3. The molecule has 4 aromatic rings. The molecule has 1 saturated heterocycles. The Bertz CT molecular complexity index is 2210. The molecular weight excluding hydrogens is 905 g/mol. The first-order chi connectivity index (χ1) is 28.9. The first-order valence-corrected chi connectivity index (χ1v) is 18.3. The van der Waals surface area contributed by atoms with E-state index in [0.29, 0.717) is 10.3 Å². The molecule has 0 aliphatic carbocycles. The van der Waals surface area contributed by atoms with Gasteiger partial charge in [-0.1, -0.05) is 12.6 Å². The van der Waals surface area contributed by atoms with E-state index in [0.717, 1.165) is 24.3 Å². The van der Waals surface area contributed by atoms with Gasteiger partial charge in [-0.2, -0.15) is 0 Å². The van der Waals surface area contributed by atoms with Crippen LogP contribution in [0.15, 0.2) is 84.7 Å². The molecule has 0 bridgehead atoms. The first kappa shape index (κ1) is 50.4. The molecule has 2 aromatic heterocycles. The van der Waals surface area contributed by atoms with Crippen molar-refractivity contribution in [1.29, 1.82) is 0 Å². The third-order valence-electron chi connectivity index (χ3n) is 8.38. The van der Waals surface area contributed by atoms with Gasteiger partial charge in [-0.05, 0) is 74.0 Å². The Kier molecular flexibility index (Phi) is 17.2. The summed E-state index contributed by atoms with van der Waals surface area (Å²) in [5.41, 5.74) is 0.0142. The zero-order valence-corrected chi connectivity index (χ0v) is 35.9. The van der Waals surface area contributed by atoms with Crippen LogP contribution in [0.5, 0.6) is 46.0 Å². The molecule has 1 aliphatic rings. The Hall–Kier alpha value is -6.00. The number of pyridine rings is 2. The number of alkyl halides is 6. The minimum Gasteiger partial charge on any atom is -0.493 e. The van der Waals surface area contributed by atoms with E-state index in [2.05, 4.69) is 58.0 Å². The molecule has 3 heterocycles. The molecule has 0 atom stereocenters. The largest absolute Gasteiger partial charge is 0.573 e. The zero-order chi connectivity index (χ0) is 46.6. The summed E-state index contributed by atoms with van der Waals surface area (Å²) in [5.74, 6) is -0.418. The van der Waals surface area contributed by atoms with Crippen LogP contribution in [0, 0.1) is 0 Å². The maximum atomic E-state index is 12.3. The van der Waals surface area contributed by atoms with Crippen molar-refractivity contribution in [3.63, 3.8) is 0 Å². The van der Waals surface area contributed by atoms with Gasteiger partial charge in [0.05, 0.1) is 45.3 Å². The molecule has 2 aromatic carbocycles. The first-order valence-electron chi connectivity index (χ1n) is 17.6. The fourth-order valence-electron chi connectivity index (χ4n) is 4.75. The van der Waals surface area contributed by atoms with Gasteiger partial charge in [0.2, 0.25) is 0 Å². The van der Waals surface area contributed by atoms with Crippen molar-refractivity contribution in [3.8, 4) is 46.0 Å². The summed E-state index contributed by atoms with van der Waals surface area (Å²) in [6, 6.07) is 9.40. The topological polar surface area (TPSA) is 152 Å². The highest BCUT2D eigenvalue weighted by Crippen LogP contribution is 2.40. The summed E-state index contributed by atoms with van der Waals surface area (Å²) in [7, 11) is 4.64. The summed E-state index contributed by atoms with van der Waals surface area (Å²) in [5, 5.41) is 0. The van der Waals surface area contributed by atoms with Gasteiger partial charge in [-0.15, -0.1) is 32.9 Å². The number of aromatic nitrogens is 2. The number of carbonyl (C=O) groups excluding carboxylic acids is 2. The Balaban J connectivity index is 0.000000267. The molecule has 5 rings (SSSR count). The Morgan fingerprint density at radius 2 is 1.08 bits per heavy atom. The molecular formula is C40H40BBrF6N2O12. The Morgan fingerprint density at radius 1 is 0.661 bits per heavy atom. The van der Waals surface area contributed by atoms with E-state index < -0.39 is 36.2 Å². The number of benzene rings is 2. The second-order valence-electron chi connectivity index (χ2n) is 13.1. The van der Waals surface area contributed by atoms with Crippen molar-refractivity contribution in [1.82, 2.24) is 9.97 Å². The molecule has 0 spiro atoms. The van der Waals surface area contributed by atoms with E-state index >= 15 is 0 Å². The number of hydrogen-bond acceptors (Lipinski definition) is 14. The van der Waals surface area contributed by atoms with E-state index in [1.54, 1.807) is 5.98 Å². The molecule has 334 valence electrons. The van der Waals surface area contributed by atoms with Gasteiger partial charge in [-0.25, -0.2) is 14.6 Å². The molecule has 1 aliphatic heterocycles. The molecule has 0 unspecified atom stereocenters. The number of esters is 2. The van der Waals surface area contributed by atoms with Gasteiger partial charge in [-0.3, -0.25) is 4.98 Å². The lowest BCUT2D eigenvalue weighted by atomic mass is 9.90. The second kappa shape index (κ2) is 21.2. The number of halogens is 7. The van der Waals surface area contributed by atoms with Gasteiger partial charge in [0, 0.05) is 36.7 Å². The van der Waals surface area contributed by atoms with Crippen molar-refractivity contribution >= 4 is 41.1 Å². The fourth-order valence-corrected chi connectivity index (χ4v) is 5.06. The van der Waals surface area contributed by atoms with Crippen LogP contribution in [0.25, 0.3) is 6.08 Å². The maximum Gasteiger partial charge on any atom is 0.573 e. The monoisotopic (exact) mass is 944 g/mol. The highest BCUT2D eigenvalue weighted by Gasteiger charge is 2.49. The van der Waals surface area contributed by atoms with Crippen molar-refractivity contribution in [2.45, 2.75) is 51.6 Å². The standard InChI is InChI=1S/C17H14F3NO5.C15H11BrF3NO5.C8H15BO2/c1-4-10-7-14(12(9-21-10)16(22)24-3)25-13-6-5-11(8-15(13)23-2)26-17(18,19)20;1-22-12-5-8(25-15(17,18)19)3-4-10(12)24-11-6-13(16)20-7-9(11)14(21)23-2;1-6-9-10-7(2,3)8(4,5)11-9/h4-9H,1H2,2-3H3;3-7H,1-2H3;6H,1H2,2-5H3. The van der Waals surface area contributed by atoms with Crippen LogP contribution in [0.4, 0.5) is 26.3 Å². The normalized spacial score (nSPS) is 13.8. The zero-order valence-electron chi connectivity index (χ0n) is 34.4. The third kappa shape index (κ3) is 14.3. The van der Waals surface area contributed by atoms with Crippen molar-refractivity contribution < 1.29 is 83.1 Å². The summed E-state index contributed by atoms with van der Waals surface area (Å²) in [6.07, 6.45) is -5.76. The summed E-state index contributed by atoms with van der Waals surface area (Å²) < 4.78 is 124. The lowest BCUT2D eigenvalue weighted by molar-refractivity contribution is -0.275. The fraction of sp³-hybridized carbons (Fsp3) is 0.300. The highest BCUT2D eigenvalue weighted by atomic mass is 79.9. The van der Waals surface area contributed by atoms with Crippen molar-refractivity contribution in [2.75, 3.05) is 28.4 Å². The van der Waals surface area contributed by atoms with Crippen molar-refractivity contribution in [3.05, 3.63) is 101 Å². The average Bonchev–Trinajstić information content (AvgIpc) is 3.42. The third-order valence-corrected chi connectivity index (χ3v) is 8.81. The van der Waals surface area contributed by atoms with E-state index in [1.807, 2.05) is 27.7 Å². The SMILES string of the molecule is C=CB1OC(C)(C)C(C)(C)O1.C=Cc1cc(Oc2ccc(OC(F)(F)F)cc2OC)c(C(=O)OC)cn1.COC(=O)c1cnc(Br)cc1Oc1ccc(OC(F)(F)F)cc1OC. The number of ether oxygens (including phenoxy) is 8. The van der Waals surface area contributed by atoms with Gasteiger partial charge in [0.15, 0.2) is 23.0 Å². The van der Waals surface area contributed by atoms with E-state index in [-0.39, 0.29) is 63.9 Å². The molecule has 0 N–H and O–H groups in total. The van der Waals surface area contributed by atoms with Gasteiger partial charge < -0.3 is 47.2 Å². The lowest BCUT2D eigenvalue weighted by Gasteiger charge is -2.32. The molecule has 0 saturated carbocycles. The molecule has 62 heavy (non-hydrogen) atoms. The lowest BCUT2D eigenvalue weighted by Crippen LogP contribution is -2.41. The average molecular weight is 945 g/mol. The maximum absolute atomic E-state index is 12.3.